The molecule has 162 valence electrons. The molecule has 0 aliphatic heterocycles. The lowest BCUT2D eigenvalue weighted by Crippen LogP contribution is -2.16. The van der Waals surface area contributed by atoms with Crippen LogP contribution in [-0.4, -0.2) is 20.2 Å². The van der Waals surface area contributed by atoms with Crippen LogP contribution in [0.15, 0.2) is 78.9 Å². The van der Waals surface area contributed by atoms with Crippen LogP contribution in [-0.2, 0) is 17.7 Å². The number of hydrogen-bond donors (Lipinski definition) is 3. The van der Waals surface area contributed by atoms with Gasteiger partial charge in [0, 0.05) is 24.5 Å². The average Bonchev–Trinajstić information content (AvgIpc) is 2.81. The van der Waals surface area contributed by atoms with E-state index in [-0.39, 0.29) is 5.92 Å². The fraction of sp³-hybridized carbons (Fsp3) is 0.240. The van der Waals surface area contributed by atoms with Crippen molar-refractivity contribution < 1.29 is 4.84 Å². The Morgan fingerprint density at radius 1 is 1.00 bits per heavy atom. The van der Waals surface area contributed by atoms with E-state index in [1.54, 1.807) is 7.05 Å². The van der Waals surface area contributed by atoms with E-state index in [9.17, 15) is 0 Å². The summed E-state index contributed by atoms with van der Waals surface area (Å²) in [6.07, 6.45) is 1.83. The van der Waals surface area contributed by atoms with Crippen LogP contribution in [0.1, 0.15) is 28.2 Å². The predicted molar refractivity (Wildman–Crippen MR) is 131 cm³/mol. The molecule has 1 atom stereocenters. The third kappa shape index (κ3) is 9.56. The van der Waals surface area contributed by atoms with Crippen LogP contribution in [0.4, 0.5) is 0 Å². The van der Waals surface area contributed by atoms with Gasteiger partial charge in [-0.05, 0) is 53.8 Å². The summed E-state index contributed by atoms with van der Waals surface area (Å²) in [5.41, 5.74) is 6.98. The molecule has 0 fully saturated rings. The summed E-state index contributed by atoms with van der Waals surface area (Å²) in [4.78, 5) is 4.99. The molecular weight excluding hydrogens is 426 g/mol. The Hall–Kier alpha value is -2.33. The topological polar surface area (TPSA) is 57.1 Å². The number of benzene rings is 3. The highest BCUT2D eigenvalue weighted by molar-refractivity contribution is 7.78. The summed E-state index contributed by atoms with van der Waals surface area (Å²) >= 11 is 10.0. The van der Waals surface area contributed by atoms with Gasteiger partial charge in [0.2, 0.25) is 0 Å². The van der Waals surface area contributed by atoms with Crippen molar-refractivity contribution in [1.29, 1.82) is 5.26 Å². The second kappa shape index (κ2) is 14.6. The lowest BCUT2D eigenvalue weighted by atomic mass is 9.91. The molecule has 0 radical (unpaired) electrons. The van der Waals surface area contributed by atoms with E-state index >= 15 is 0 Å². The monoisotopic (exact) mass is 453 g/mol. The van der Waals surface area contributed by atoms with Crippen LogP contribution < -0.4 is 10.2 Å². The van der Waals surface area contributed by atoms with Crippen LogP contribution in [0.5, 0.6) is 0 Å². The first-order chi connectivity index (χ1) is 15.2. The molecule has 6 heteroatoms. The van der Waals surface area contributed by atoms with Gasteiger partial charge < -0.3 is 4.84 Å². The van der Waals surface area contributed by atoms with E-state index in [4.69, 9.17) is 21.7 Å². The smallest absolute Gasteiger partial charge is 0.0991 e. The molecule has 0 aromatic heterocycles. The van der Waals surface area contributed by atoms with E-state index in [0.717, 1.165) is 36.6 Å². The third-order valence-electron chi connectivity index (χ3n) is 4.70. The van der Waals surface area contributed by atoms with Gasteiger partial charge in [0.15, 0.2) is 0 Å². The molecule has 0 spiro atoms. The zero-order valence-electron chi connectivity index (χ0n) is 17.6. The Morgan fingerprint density at radius 3 is 2.39 bits per heavy atom. The lowest BCUT2D eigenvalue weighted by molar-refractivity contribution is 0.0604. The Morgan fingerprint density at radius 2 is 1.74 bits per heavy atom. The summed E-state index contributed by atoms with van der Waals surface area (Å²) in [6.45, 7) is 1.46. The molecule has 2 N–H and O–H groups in total. The van der Waals surface area contributed by atoms with Crippen molar-refractivity contribution in [2.75, 3.05) is 20.2 Å². The number of thiol groups is 1. The molecule has 0 saturated heterocycles. The van der Waals surface area contributed by atoms with Crippen molar-refractivity contribution in [3.05, 3.63) is 106 Å². The highest BCUT2D eigenvalue weighted by Crippen LogP contribution is 2.22. The highest BCUT2D eigenvalue weighted by atomic mass is 35.5. The molecule has 0 heterocycles. The second-order valence-corrected chi connectivity index (χ2v) is 7.67. The second-order valence-electron chi connectivity index (χ2n) is 6.92. The number of rotatable bonds is 9. The number of halogens is 1. The van der Waals surface area contributed by atoms with Crippen molar-refractivity contribution in [2.45, 2.75) is 18.8 Å². The van der Waals surface area contributed by atoms with Crippen LogP contribution >= 0.6 is 24.4 Å². The third-order valence-corrected chi connectivity index (χ3v) is 5.13. The maximum Gasteiger partial charge on any atom is 0.0991 e. The van der Waals surface area contributed by atoms with Gasteiger partial charge in [0.25, 0.3) is 0 Å². The Balaban J connectivity index is 0.000000262. The molecule has 0 amide bonds. The molecule has 3 aromatic rings. The first-order valence-corrected chi connectivity index (χ1v) is 10.9. The van der Waals surface area contributed by atoms with Gasteiger partial charge in [0.05, 0.1) is 18.2 Å². The molecule has 0 saturated carbocycles. The van der Waals surface area contributed by atoms with Crippen LogP contribution in [0.2, 0.25) is 5.02 Å². The summed E-state index contributed by atoms with van der Waals surface area (Å²) in [7, 11) is 1.77. The maximum absolute atomic E-state index is 9.00. The van der Waals surface area contributed by atoms with Crippen molar-refractivity contribution >= 4 is 24.4 Å². The van der Waals surface area contributed by atoms with Gasteiger partial charge >= 0.3 is 0 Å². The Kier molecular flexibility index (Phi) is 11.8. The van der Waals surface area contributed by atoms with Gasteiger partial charge in [0.1, 0.15) is 0 Å². The molecule has 1 unspecified atom stereocenters. The minimum absolute atomic E-state index is 0.266. The highest BCUT2D eigenvalue weighted by Gasteiger charge is 2.12. The molecule has 4 nitrogen and oxygen atoms in total. The molecule has 0 aliphatic rings. The summed E-state index contributed by atoms with van der Waals surface area (Å²) in [6, 6.07) is 28.0. The summed E-state index contributed by atoms with van der Waals surface area (Å²) in [5, 5.41) is 9.74. The average molecular weight is 454 g/mol. The lowest BCUT2D eigenvalue weighted by Gasteiger charge is -2.17. The maximum atomic E-state index is 9.00. The van der Waals surface area contributed by atoms with Crippen LogP contribution in [0.25, 0.3) is 0 Å². The minimum atomic E-state index is 0.266. The number of nitriles is 1. The number of nitrogens with one attached hydrogen (secondary N) is 2. The van der Waals surface area contributed by atoms with E-state index in [1.807, 2.05) is 66.7 Å². The summed E-state index contributed by atoms with van der Waals surface area (Å²) in [5.74, 6) is 0.266. The van der Waals surface area contributed by atoms with Crippen molar-refractivity contribution in [2.24, 2.45) is 0 Å². The molecule has 0 bridgehead atoms. The first-order valence-electron chi connectivity index (χ1n) is 10.1. The minimum Gasteiger partial charge on any atom is -0.302 e. The molecular formula is C25H28ClN3OS. The SMILES string of the molecule is CNOCCc1ccccc1.N#Cc1cccc(C(CNS)Cc2ccc(Cl)cc2)c1. The number of nitrogens with zero attached hydrogens (tertiary/aromatic N) is 1. The Bertz CT molecular complexity index is 930. The Labute approximate surface area is 195 Å². The standard InChI is InChI=1S/C16H15ClN2S.C9H13NO/c17-16-6-4-12(5-7-16)8-15(11-19-20)14-3-1-2-13(9-14)10-18;1-10-11-8-7-9-5-3-2-4-6-9/h1-7,9,15,19-20H,8,11H2;2-6,10H,7-8H2,1H3. The van der Waals surface area contributed by atoms with Crippen LogP contribution in [0.3, 0.4) is 0 Å². The first kappa shape index (κ1) is 24.9. The van der Waals surface area contributed by atoms with Crippen molar-refractivity contribution in [3.8, 4) is 6.07 Å². The van der Waals surface area contributed by atoms with Crippen molar-refractivity contribution in [1.82, 2.24) is 10.2 Å². The summed E-state index contributed by atoms with van der Waals surface area (Å²) < 4.78 is 2.92. The number of hydrogen-bond acceptors (Lipinski definition) is 5. The van der Waals surface area contributed by atoms with Gasteiger partial charge in [-0.15, -0.1) is 0 Å². The van der Waals surface area contributed by atoms with Gasteiger partial charge in [-0.1, -0.05) is 79.0 Å². The van der Waals surface area contributed by atoms with E-state index in [2.05, 4.69) is 41.2 Å². The van der Waals surface area contributed by atoms with E-state index in [0.29, 0.717) is 5.56 Å². The normalized spacial score (nSPS) is 11.2. The van der Waals surface area contributed by atoms with Crippen LogP contribution in [0, 0.1) is 11.3 Å². The zero-order valence-corrected chi connectivity index (χ0v) is 19.2. The van der Waals surface area contributed by atoms with Gasteiger partial charge in [-0.25, -0.2) is 5.48 Å². The number of hydroxylamine groups is 1. The molecule has 3 aromatic carbocycles. The molecule has 31 heavy (non-hydrogen) atoms. The molecule has 3 rings (SSSR count). The van der Waals surface area contributed by atoms with E-state index in [1.165, 1.54) is 11.1 Å². The van der Waals surface area contributed by atoms with E-state index < -0.39 is 0 Å². The predicted octanol–water partition coefficient (Wildman–Crippen LogP) is 5.35. The van der Waals surface area contributed by atoms with Crippen molar-refractivity contribution in [3.63, 3.8) is 0 Å². The quantitative estimate of drug-likeness (QED) is 0.232. The fourth-order valence-electron chi connectivity index (χ4n) is 3.10. The van der Waals surface area contributed by atoms with Gasteiger partial charge in [-0.3, -0.25) is 4.72 Å². The van der Waals surface area contributed by atoms with Gasteiger partial charge in [-0.2, -0.15) is 5.26 Å². The largest absolute Gasteiger partial charge is 0.302 e. The fourth-order valence-corrected chi connectivity index (χ4v) is 3.45. The molecule has 0 aliphatic carbocycles. The zero-order chi connectivity index (χ0) is 22.3.